The molecule has 2 rings (SSSR count). The van der Waals surface area contributed by atoms with Gasteiger partial charge in [0.05, 0.1) is 19.0 Å². The number of benzene rings is 1. The van der Waals surface area contributed by atoms with Gasteiger partial charge in [-0.05, 0) is 31.4 Å². The highest BCUT2D eigenvalue weighted by molar-refractivity contribution is 5.94. The smallest absolute Gasteiger partial charge is 0.326 e. The Morgan fingerprint density at radius 2 is 1.57 bits per heavy atom. The Kier molecular flexibility index (Phi) is 12.2. The molecular weight excluding hydrogens is 482 g/mol. The van der Waals surface area contributed by atoms with Gasteiger partial charge in [0.25, 0.3) is 0 Å². The van der Waals surface area contributed by atoms with E-state index in [0.717, 1.165) is 0 Å². The number of rotatable bonds is 16. The molecule has 10 N–H and O–H groups in total. The second kappa shape index (κ2) is 15.3. The molecule has 0 saturated carbocycles. The number of hydrogen-bond donors (Lipinski definition) is 8. The zero-order valence-corrected chi connectivity index (χ0v) is 20.4. The predicted octanol–water partition coefficient (Wildman–Crippen LogP) is -1.82. The molecule has 202 valence electrons. The Hall–Kier alpha value is -3.81. The van der Waals surface area contributed by atoms with Gasteiger partial charge in [-0.3, -0.25) is 14.4 Å². The van der Waals surface area contributed by atoms with Gasteiger partial charge < -0.3 is 42.6 Å². The lowest BCUT2D eigenvalue weighted by Gasteiger charge is -2.24. The fourth-order valence-corrected chi connectivity index (χ4v) is 3.55. The largest absolute Gasteiger partial charge is 0.480 e. The van der Waals surface area contributed by atoms with Crippen LogP contribution in [0, 0.1) is 0 Å². The van der Waals surface area contributed by atoms with Gasteiger partial charge in [-0.15, -0.1) is 0 Å². The van der Waals surface area contributed by atoms with Crippen molar-refractivity contribution >= 4 is 23.7 Å². The van der Waals surface area contributed by atoms with Gasteiger partial charge in [0, 0.05) is 24.7 Å². The van der Waals surface area contributed by atoms with E-state index in [4.69, 9.17) is 11.5 Å². The number of nitrogens with zero attached hydrogens (tertiary/aromatic N) is 1. The predicted molar refractivity (Wildman–Crippen MR) is 134 cm³/mol. The Balaban J connectivity index is 2.04. The number of carboxylic acids is 1. The number of unbranched alkanes of at least 4 members (excludes halogenated alkanes) is 1. The van der Waals surface area contributed by atoms with Gasteiger partial charge in [0.2, 0.25) is 17.7 Å². The third-order valence-electron chi connectivity index (χ3n) is 5.62. The van der Waals surface area contributed by atoms with E-state index in [0.29, 0.717) is 30.6 Å². The molecule has 0 bridgehead atoms. The molecule has 0 aliphatic carbocycles. The standard InChI is InChI=1S/C24H35N7O6/c25-9-5-4-8-18(22(34)30-19(24(36)37)10-15-6-2-1-3-7-15)29-23(35)20(13-32)31-21(33)17(26)11-16-12-27-14-28-16/h1-3,6-7,12,14,17-20,32H,4-5,8-11,13,25-26H2,(H,27,28)(H,29,35)(H,30,34)(H,31,33)(H,36,37). The van der Waals surface area contributed by atoms with Crippen molar-refractivity contribution in [2.75, 3.05) is 13.2 Å². The van der Waals surface area contributed by atoms with E-state index in [1.54, 1.807) is 30.3 Å². The first-order chi connectivity index (χ1) is 17.7. The molecule has 1 aromatic carbocycles. The summed E-state index contributed by atoms with van der Waals surface area (Å²) in [6.07, 6.45) is 4.37. The molecule has 37 heavy (non-hydrogen) atoms. The first kappa shape index (κ1) is 29.4. The minimum atomic E-state index is -1.37. The number of amides is 3. The molecule has 0 fully saturated rings. The number of aliphatic carboxylic acids is 1. The van der Waals surface area contributed by atoms with E-state index in [-0.39, 0.29) is 19.3 Å². The summed E-state index contributed by atoms with van der Waals surface area (Å²) in [5.74, 6) is -3.42. The number of aliphatic hydroxyl groups is 1. The van der Waals surface area contributed by atoms with E-state index in [2.05, 4.69) is 25.9 Å². The Labute approximate surface area is 214 Å². The number of aromatic amines is 1. The van der Waals surface area contributed by atoms with Crippen LogP contribution in [0.2, 0.25) is 0 Å². The number of aromatic nitrogens is 2. The summed E-state index contributed by atoms with van der Waals surface area (Å²) < 4.78 is 0. The number of nitrogens with two attached hydrogens (primary N) is 2. The van der Waals surface area contributed by atoms with Crippen molar-refractivity contribution in [3.05, 3.63) is 54.1 Å². The molecular formula is C24H35N7O6. The van der Waals surface area contributed by atoms with Crippen LogP contribution in [0.4, 0.5) is 0 Å². The molecule has 3 amide bonds. The number of aliphatic hydroxyl groups excluding tert-OH is 1. The van der Waals surface area contributed by atoms with Crippen LogP contribution in [0.25, 0.3) is 0 Å². The number of imidazole rings is 1. The number of carbonyl (C=O) groups excluding carboxylic acids is 3. The first-order valence-corrected chi connectivity index (χ1v) is 12.0. The number of nitrogens with one attached hydrogen (secondary N) is 4. The summed E-state index contributed by atoms with van der Waals surface area (Å²) in [4.78, 5) is 56.7. The van der Waals surface area contributed by atoms with E-state index in [9.17, 15) is 29.4 Å². The van der Waals surface area contributed by atoms with Crippen LogP contribution < -0.4 is 27.4 Å². The summed E-state index contributed by atoms with van der Waals surface area (Å²) in [7, 11) is 0. The third kappa shape index (κ3) is 9.99. The van der Waals surface area contributed by atoms with Crippen LogP contribution in [0.5, 0.6) is 0 Å². The van der Waals surface area contributed by atoms with Crippen molar-refractivity contribution < 1.29 is 29.4 Å². The Morgan fingerprint density at radius 3 is 2.16 bits per heavy atom. The Bertz CT molecular complexity index is 1000. The molecule has 4 unspecified atom stereocenters. The molecule has 0 aliphatic rings. The van der Waals surface area contributed by atoms with Gasteiger partial charge in [0.15, 0.2) is 0 Å². The molecule has 2 aromatic rings. The molecule has 1 heterocycles. The fraction of sp³-hybridized carbons (Fsp3) is 0.458. The highest BCUT2D eigenvalue weighted by Crippen LogP contribution is 2.07. The van der Waals surface area contributed by atoms with Gasteiger partial charge in [-0.2, -0.15) is 0 Å². The number of carboxylic acid groups (broad SMARTS) is 1. The van der Waals surface area contributed by atoms with E-state index >= 15 is 0 Å². The number of H-pyrrole nitrogens is 1. The minimum Gasteiger partial charge on any atom is -0.480 e. The number of hydrogen-bond acceptors (Lipinski definition) is 8. The van der Waals surface area contributed by atoms with Crippen molar-refractivity contribution in [3.63, 3.8) is 0 Å². The van der Waals surface area contributed by atoms with Gasteiger partial charge in [-0.25, -0.2) is 9.78 Å². The monoisotopic (exact) mass is 517 g/mol. The lowest BCUT2D eigenvalue weighted by molar-refractivity contribution is -0.142. The maximum Gasteiger partial charge on any atom is 0.326 e. The fourth-order valence-electron chi connectivity index (χ4n) is 3.55. The first-order valence-electron chi connectivity index (χ1n) is 12.0. The van der Waals surface area contributed by atoms with Gasteiger partial charge >= 0.3 is 5.97 Å². The van der Waals surface area contributed by atoms with Crippen molar-refractivity contribution in [1.29, 1.82) is 0 Å². The van der Waals surface area contributed by atoms with Crippen molar-refractivity contribution in [1.82, 2.24) is 25.9 Å². The quantitative estimate of drug-likeness (QED) is 0.117. The topological polar surface area (TPSA) is 226 Å². The summed E-state index contributed by atoms with van der Waals surface area (Å²) in [5, 5.41) is 26.7. The lowest BCUT2D eigenvalue weighted by atomic mass is 10.0. The maximum atomic E-state index is 13.0. The minimum absolute atomic E-state index is 0.0505. The van der Waals surface area contributed by atoms with Crippen molar-refractivity contribution in [2.24, 2.45) is 11.5 Å². The maximum absolute atomic E-state index is 13.0. The summed E-state index contributed by atoms with van der Waals surface area (Å²) in [6, 6.07) is 4.08. The second-order valence-electron chi connectivity index (χ2n) is 8.57. The van der Waals surface area contributed by atoms with Crippen molar-refractivity contribution in [2.45, 2.75) is 56.3 Å². The third-order valence-corrected chi connectivity index (χ3v) is 5.62. The Morgan fingerprint density at radius 1 is 0.919 bits per heavy atom. The molecule has 13 nitrogen and oxygen atoms in total. The average Bonchev–Trinajstić information content (AvgIpc) is 3.39. The van der Waals surface area contributed by atoms with Crippen LogP contribution in [0.3, 0.4) is 0 Å². The highest BCUT2D eigenvalue weighted by Gasteiger charge is 2.30. The average molecular weight is 518 g/mol. The molecule has 0 radical (unpaired) electrons. The van der Waals surface area contributed by atoms with E-state index in [1.165, 1.54) is 12.5 Å². The number of carbonyl (C=O) groups is 4. The molecule has 13 heteroatoms. The SMILES string of the molecule is NCCCCC(NC(=O)C(CO)NC(=O)C(N)Cc1cnc[nH]1)C(=O)NC(Cc1ccccc1)C(=O)O. The van der Waals surface area contributed by atoms with Crippen LogP contribution in [-0.2, 0) is 32.0 Å². The normalized spacial score (nSPS) is 14.1. The van der Waals surface area contributed by atoms with E-state index in [1.807, 2.05) is 0 Å². The molecule has 4 atom stereocenters. The van der Waals surface area contributed by atoms with Crippen LogP contribution in [-0.4, -0.2) is 81.2 Å². The summed E-state index contributed by atoms with van der Waals surface area (Å²) in [6.45, 7) is -0.366. The molecule has 0 saturated heterocycles. The van der Waals surface area contributed by atoms with Crippen LogP contribution >= 0.6 is 0 Å². The zero-order valence-electron chi connectivity index (χ0n) is 20.4. The van der Waals surface area contributed by atoms with E-state index < -0.39 is 54.5 Å². The zero-order chi connectivity index (χ0) is 27.2. The van der Waals surface area contributed by atoms with Crippen LogP contribution in [0.15, 0.2) is 42.9 Å². The second-order valence-corrected chi connectivity index (χ2v) is 8.57. The summed E-state index contributed by atoms with van der Waals surface area (Å²) >= 11 is 0. The molecule has 1 aromatic heterocycles. The highest BCUT2D eigenvalue weighted by atomic mass is 16.4. The van der Waals surface area contributed by atoms with Crippen molar-refractivity contribution in [3.8, 4) is 0 Å². The molecule has 0 spiro atoms. The molecule has 0 aliphatic heterocycles. The van der Waals surface area contributed by atoms with Gasteiger partial charge in [0.1, 0.15) is 18.1 Å². The summed E-state index contributed by atoms with van der Waals surface area (Å²) in [5.41, 5.74) is 12.8. The lowest BCUT2D eigenvalue weighted by Crippen LogP contribution is -2.58. The van der Waals surface area contributed by atoms with Gasteiger partial charge in [-0.1, -0.05) is 30.3 Å². The van der Waals surface area contributed by atoms with Crippen LogP contribution in [0.1, 0.15) is 30.5 Å².